The van der Waals surface area contributed by atoms with Crippen molar-refractivity contribution >= 4 is 0 Å². The Labute approximate surface area is 99.2 Å². The third-order valence-corrected chi connectivity index (χ3v) is 2.68. The summed E-state index contributed by atoms with van der Waals surface area (Å²) in [5, 5.41) is 0. The van der Waals surface area contributed by atoms with Gasteiger partial charge in [-0.05, 0) is 37.7 Å². The minimum Gasteiger partial charge on any atom is -0.494 e. The average Bonchev–Trinajstić information content (AvgIpc) is 2.31. The largest absolute Gasteiger partial charge is 0.494 e. The Morgan fingerprint density at radius 3 is 2.38 bits per heavy atom. The zero-order valence-electron chi connectivity index (χ0n) is 10.7. The molecule has 0 fully saturated rings. The molecule has 0 aromatic heterocycles. The molecule has 0 heterocycles. The summed E-state index contributed by atoms with van der Waals surface area (Å²) in [5.41, 5.74) is 1.34. The molecule has 2 nitrogen and oxygen atoms in total. The molecule has 2 heteroatoms. The first-order valence-electron chi connectivity index (χ1n) is 6.16. The lowest BCUT2D eigenvalue weighted by Crippen LogP contribution is -2.16. The van der Waals surface area contributed by atoms with Crippen molar-refractivity contribution in [2.75, 3.05) is 20.2 Å². The van der Waals surface area contributed by atoms with Gasteiger partial charge in [-0.25, -0.2) is 0 Å². The van der Waals surface area contributed by atoms with Crippen molar-refractivity contribution in [3.8, 4) is 5.75 Å². The lowest BCUT2D eigenvalue weighted by molar-refractivity contribution is 0.308. The van der Waals surface area contributed by atoms with Crippen molar-refractivity contribution in [2.45, 2.75) is 33.2 Å². The molecule has 0 aliphatic rings. The zero-order chi connectivity index (χ0) is 11.8. The molecule has 90 valence electrons. The molecule has 0 spiro atoms. The van der Waals surface area contributed by atoms with E-state index in [1.54, 1.807) is 0 Å². The van der Waals surface area contributed by atoms with Crippen molar-refractivity contribution in [3.05, 3.63) is 29.8 Å². The third kappa shape index (κ3) is 4.67. The Bertz CT molecular complexity index is 281. The lowest BCUT2D eigenvalue weighted by atomic mass is 10.2. The topological polar surface area (TPSA) is 12.5 Å². The highest BCUT2D eigenvalue weighted by Crippen LogP contribution is 2.13. The van der Waals surface area contributed by atoms with Crippen LogP contribution in [0.15, 0.2) is 24.3 Å². The molecular formula is C14H23NO. The highest BCUT2D eigenvalue weighted by Gasteiger charge is 1.98. The number of nitrogens with zero attached hydrogens (tertiary/aromatic N) is 1. The number of unbranched alkanes of at least 4 members (excludes halogenated alkanes) is 1. The van der Waals surface area contributed by atoms with Crippen molar-refractivity contribution in [1.82, 2.24) is 4.90 Å². The molecule has 1 aromatic carbocycles. The first kappa shape index (κ1) is 13.0. The van der Waals surface area contributed by atoms with E-state index in [9.17, 15) is 0 Å². The summed E-state index contributed by atoms with van der Waals surface area (Å²) in [6.07, 6.45) is 2.31. The molecule has 16 heavy (non-hydrogen) atoms. The van der Waals surface area contributed by atoms with Gasteiger partial charge in [0.15, 0.2) is 0 Å². The van der Waals surface area contributed by atoms with Crippen LogP contribution in [0, 0.1) is 0 Å². The summed E-state index contributed by atoms with van der Waals surface area (Å²) in [6.45, 7) is 7.25. The van der Waals surface area contributed by atoms with Gasteiger partial charge in [-0.15, -0.1) is 0 Å². The van der Waals surface area contributed by atoms with E-state index in [-0.39, 0.29) is 0 Å². The van der Waals surface area contributed by atoms with E-state index in [0.29, 0.717) is 0 Å². The predicted octanol–water partition coefficient (Wildman–Crippen LogP) is 3.32. The fourth-order valence-electron chi connectivity index (χ4n) is 1.45. The summed E-state index contributed by atoms with van der Waals surface area (Å²) >= 11 is 0. The molecule has 0 amide bonds. The van der Waals surface area contributed by atoms with Crippen LogP contribution in [0.4, 0.5) is 0 Å². The Balaban J connectivity index is 2.41. The van der Waals surface area contributed by atoms with Gasteiger partial charge >= 0.3 is 0 Å². The molecule has 0 N–H and O–H groups in total. The van der Waals surface area contributed by atoms with Gasteiger partial charge < -0.3 is 9.64 Å². The molecule has 0 saturated heterocycles. The van der Waals surface area contributed by atoms with Gasteiger partial charge in [0, 0.05) is 6.54 Å². The summed E-state index contributed by atoms with van der Waals surface area (Å²) in [5.74, 6) is 0.983. The Hall–Kier alpha value is -1.02. The van der Waals surface area contributed by atoms with Crippen LogP contribution in [0.5, 0.6) is 5.75 Å². The van der Waals surface area contributed by atoms with Crippen molar-refractivity contribution in [3.63, 3.8) is 0 Å². The maximum atomic E-state index is 5.62. The van der Waals surface area contributed by atoms with Crippen molar-refractivity contribution < 1.29 is 4.74 Å². The standard InChI is InChI=1S/C14H23NO/c1-4-6-11-16-14-9-7-13(8-10-14)12-15(3)5-2/h7-10H,4-6,11-12H2,1-3H3. The van der Waals surface area contributed by atoms with E-state index in [4.69, 9.17) is 4.74 Å². The maximum Gasteiger partial charge on any atom is 0.119 e. The molecular weight excluding hydrogens is 198 g/mol. The van der Waals surface area contributed by atoms with E-state index in [2.05, 4.69) is 50.1 Å². The first-order chi connectivity index (χ1) is 7.76. The molecule has 0 aliphatic heterocycles. The number of rotatable bonds is 7. The van der Waals surface area contributed by atoms with Gasteiger partial charge in [-0.2, -0.15) is 0 Å². The van der Waals surface area contributed by atoms with Crippen molar-refractivity contribution in [2.24, 2.45) is 0 Å². The Kier molecular flexibility index (Phi) is 5.94. The second kappa shape index (κ2) is 7.29. The van der Waals surface area contributed by atoms with Gasteiger partial charge in [-0.3, -0.25) is 0 Å². The van der Waals surface area contributed by atoms with Crippen molar-refractivity contribution in [1.29, 1.82) is 0 Å². The fraction of sp³-hybridized carbons (Fsp3) is 0.571. The van der Waals surface area contributed by atoms with Gasteiger partial charge in [0.05, 0.1) is 6.61 Å². The van der Waals surface area contributed by atoms with Crippen LogP contribution in [-0.4, -0.2) is 25.1 Å². The monoisotopic (exact) mass is 221 g/mol. The zero-order valence-corrected chi connectivity index (χ0v) is 10.7. The SMILES string of the molecule is CCCCOc1ccc(CN(C)CC)cc1. The molecule has 0 saturated carbocycles. The molecule has 0 unspecified atom stereocenters. The third-order valence-electron chi connectivity index (χ3n) is 2.68. The quantitative estimate of drug-likeness (QED) is 0.655. The summed E-state index contributed by atoms with van der Waals surface area (Å²) in [6, 6.07) is 8.42. The van der Waals surface area contributed by atoms with Crippen LogP contribution in [-0.2, 0) is 6.54 Å². The smallest absolute Gasteiger partial charge is 0.119 e. The summed E-state index contributed by atoms with van der Waals surface area (Å²) in [4.78, 5) is 2.28. The average molecular weight is 221 g/mol. The summed E-state index contributed by atoms with van der Waals surface area (Å²) < 4.78 is 5.62. The van der Waals surface area contributed by atoms with Crippen LogP contribution < -0.4 is 4.74 Å². The minimum absolute atomic E-state index is 0.824. The van der Waals surface area contributed by atoms with Gasteiger partial charge in [0.1, 0.15) is 5.75 Å². The second-order valence-electron chi connectivity index (χ2n) is 4.18. The van der Waals surface area contributed by atoms with E-state index in [1.165, 1.54) is 12.0 Å². The van der Waals surface area contributed by atoms with Crippen LogP contribution in [0.1, 0.15) is 32.3 Å². The second-order valence-corrected chi connectivity index (χ2v) is 4.18. The molecule has 0 bridgehead atoms. The predicted molar refractivity (Wildman–Crippen MR) is 68.9 cm³/mol. The number of hydrogen-bond donors (Lipinski definition) is 0. The van der Waals surface area contributed by atoms with Crippen LogP contribution in [0.2, 0.25) is 0 Å². The molecule has 0 aliphatic carbocycles. The van der Waals surface area contributed by atoms with Gasteiger partial charge in [-0.1, -0.05) is 32.4 Å². The highest BCUT2D eigenvalue weighted by atomic mass is 16.5. The fourth-order valence-corrected chi connectivity index (χ4v) is 1.45. The van der Waals surface area contributed by atoms with Crippen LogP contribution in [0.25, 0.3) is 0 Å². The minimum atomic E-state index is 0.824. The van der Waals surface area contributed by atoms with E-state index in [0.717, 1.165) is 31.9 Å². The van der Waals surface area contributed by atoms with E-state index < -0.39 is 0 Å². The maximum absolute atomic E-state index is 5.62. The number of hydrogen-bond acceptors (Lipinski definition) is 2. The Morgan fingerprint density at radius 1 is 1.12 bits per heavy atom. The lowest BCUT2D eigenvalue weighted by Gasteiger charge is -2.14. The number of ether oxygens (including phenoxy) is 1. The van der Waals surface area contributed by atoms with E-state index >= 15 is 0 Å². The normalized spacial score (nSPS) is 10.8. The highest BCUT2D eigenvalue weighted by molar-refractivity contribution is 5.27. The van der Waals surface area contributed by atoms with Crippen LogP contribution in [0.3, 0.4) is 0 Å². The molecule has 1 rings (SSSR count). The summed E-state index contributed by atoms with van der Waals surface area (Å²) in [7, 11) is 2.13. The molecule has 0 radical (unpaired) electrons. The van der Waals surface area contributed by atoms with E-state index in [1.807, 2.05) is 0 Å². The molecule has 1 aromatic rings. The van der Waals surface area contributed by atoms with Crippen LogP contribution >= 0.6 is 0 Å². The Morgan fingerprint density at radius 2 is 1.81 bits per heavy atom. The van der Waals surface area contributed by atoms with Gasteiger partial charge in [0.2, 0.25) is 0 Å². The van der Waals surface area contributed by atoms with Gasteiger partial charge in [0.25, 0.3) is 0 Å². The number of benzene rings is 1. The first-order valence-corrected chi connectivity index (χ1v) is 6.16. The molecule has 0 atom stereocenters.